The number of phenolic OH excluding ortho intramolecular Hbond substituents is 1. The van der Waals surface area contributed by atoms with Crippen LogP contribution in [-0.4, -0.2) is 47.6 Å². The molecule has 19 heavy (non-hydrogen) atoms. The minimum atomic E-state index is -0.637. The summed E-state index contributed by atoms with van der Waals surface area (Å²) in [6, 6.07) is 4.19. The highest BCUT2D eigenvalue weighted by molar-refractivity contribution is 6.01. The van der Waals surface area contributed by atoms with E-state index >= 15 is 0 Å². The number of carbonyl (C=O) groups excluding carboxylic acids is 2. The summed E-state index contributed by atoms with van der Waals surface area (Å²) in [6.45, 7) is 1.33. The molecule has 1 atom stereocenters. The smallest absolute Gasteiger partial charge is 0.255 e. The minimum Gasteiger partial charge on any atom is -0.508 e. The topological polar surface area (TPSA) is 78.9 Å². The van der Waals surface area contributed by atoms with Gasteiger partial charge in [-0.2, -0.15) is 0 Å². The molecule has 100 valence electrons. The highest BCUT2D eigenvalue weighted by Gasteiger charge is 2.38. The monoisotopic (exact) mass is 262 g/mol. The van der Waals surface area contributed by atoms with Gasteiger partial charge in [-0.25, -0.2) is 0 Å². The van der Waals surface area contributed by atoms with E-state index in [0.717, 1.165) is 0 Å². The first-order valence-electron chi connectivity index (χ1n) is 6.16. The van der Waals surface area contributed by atoms with Crippen LogP contribution in [0.25, 0.3) is 0 Å². The number of hydrogen-bond acceptors (Lipinski definition) is 4. The predicted octanol–water partition coefficient (Wildman–Crippen LogP) is -0.137. The number of hydrogen-bond donors (Lipinski definition) is 2. The Morgan fingerprint density at radius 2 is 2.21 bits per heavy atom. The van der Waals surface area contributed by atoms with Crippen molar-refractivity contribution in [2.75, 3.05) is 19.8 Å². The van der Waals surface area contributed by atoms with E-state index in [4.69, 9.17) is 4.74 Å². The highest BCUT2D eigenvalue weighted by Crippen LogP contribution is 2.31. The maximum absolute atomic E-state index is 12.3. The summed E-state index contributed by atoms with van der Waals surface area (Å²) in [4.78, 5) is 25.7. The molecule has 2 aliphatic heterocycles. The second-order valence-electron chi connectivity index (χ2n) is 4.62. The van der Waals surface area contributed by atoms with Gasteiger partial charge in [-0.3, -0.25) is 9.59 Å². The Balaban J connectivity index is 1.90. The second kappa shape index (κ2) is 4.55. The van der Waals surface area contributed by atoms with Crippen LogP contribution < -0.4 is 5.32 Å². The Hall–Kier alpha value is -2.08. The Morgan fingerprint density at radius 3 is 3.00 bits per heavy atom. The molecule has 0 spiro atoms. The van der Waals surface area contributed by atoms with E-state index in [9.17, 15) is 14.7 Å². The summed E-state index contributed by atoms with van der Waals surface area (Å²) in [6.07, 6.45) is 0. The van der Waals surface area contributed by atoms with Crippen LogP contribution in [0.1, 0.15) is 15.9 Å². The van der Waals surface area contributed by atoms with Crippen molar-refractivity contribution in [1.29, 1.82) is 0 Å². The van der Waals surface area contributed by atoms with E-state index in [1.807, 2.05) is 0 Å². The lowest BCUT2D eigenvalue weighted by Crippen LogP contribution is -2.48. The Bertz CT molecular complexity index is 543. The number of carbonyl (C=O) groups is 2. The molecule has 1 aromatic rings. The lowest BCUT2D eigenvalue weighted by atomic mass is 10.1. The normalized spacial score (nSPS) is 22.9. The first kappa shape index (κ1) is 12.0. The minimum absolute atomic E-state index is 0.0864. The third-order valence-electron chi connectivity index (χ3n) is 3.47. The number of ether oxygens (including phenoxy) is 1. The zero-order valence-corrected chi connectivity index (χ0v) is 10.3. The van der Waals surface area contributed by atoms with Crippen molar-refractivity contribution >= 4 is 11.8 Å². The van der Waals surface area contributed by atoms with Gasteiger partial charge in [-0.15, -0.1) is 0 Å². The van der Waals surface area contributed by atoms with Gasteiger partial charge in [0.05, 0.1) is 19.8 Å². The van der Waals surface area contributed by atoms with Crippen molar-refractivity contribution < 1.29 is 19.4 Å². The molecule has 0 aliphatic carbocycles. The number of phenols is 1. The molecule has 3 rings (SSSR count). The van der Waals surface area contributed by atoms with Gasteiger partial charge in [0.1, 0.15) is 11.8 Å². The van der Waals surface area contributed by atoms with Crippen LogP contribution in [0.15, 0.2) is 18.2 Å². The third-order valence-corrected chi connectivity index (χ3v) is 3.47. The number of rotatable bonds is 1. The summed E-state index contributed by atoms with van der Waals surface area (Å²) >= 11 is 0. The molecular formula is C13H14N2O4. The van der Waals surface area contributed by atoms with Crippen molar-refractivity contribution in [2.45, 2.75) is 12.6 Å². The van der Waals surface area contributed by atoms with Gasteiger partial charge < -0.3 is 20.1 Å². The van der Waals surface area contributed by atoms with E-state index in [2.05, 4.69) is 5.32 Å². The molecule has 0 saturated carbocycles. The van der Waals surface area contributed by atoms with Crippen LogP contribution in [0.5, 0.6) is 5.75 Å². The average molecular weight is 262 g/mol. The molecule has 0 radical (unpaired) electrons. The fraction of sp³-hybridized carbons (Fsp3) is 0.385. The molecule has 1 aromatic carbocycles. The Morgan fingerprint density at radius 1 is 1.37 bits per heavy atom. The first-order valence-corrected chi connectivity index (χ1v) is 6.16. The van der Waals surface area contributed by atoms with Crippen LogP contribution >= 0.6 is 0 Å². The second-order valence-corrected chi connectivity index (χ2v) is 4.62. The molecule has 2 N–H and O–H groups in total. The Labute approximate surface area is 110 Å². The zero-order chi connectivity index (χ0) is 13.4. The van der Waals surface area contributed by atoms with E-state index in [0.29, 0.717) is 24.3 Å². The van der Waals surface area contributed by atoms with Crippen molar-refractivity contribution in [3.8, 4) is 5.75 Å². The van der Waals surface area contributed by atoms with E-state index < -0.39 is 6.04 Å². The average Bonchev–Trinajstić information content (AvgIpc) is 2.59. The molecule has 1 saturated heterocycles. The fourth-order valence-corrected chi connectivity index (χ4v) is 2.46. The molecule has 2 amide bonds. The van der Waals surface area contributed by atoms with E-state index in [1.165, 1.54) is 4.90 Å². The fourth-order valence-electron chi connectivity index (χ4n) is 2.46. The lowest BCUT2D eigenvalue weighted by molar-refractivity contribution is -0.125. The van der Waals surface area contributed by atoms with Gasteiger partial charge in [0.2, 0.25) is 5.91 Å². The van der Waals surface area contributed by atoms with Gasteiger partial charge in [-0.1, -0.05) is 6.07 Å². The van der Waals surface area contributed by atoms with E-state index in [1.54, 1.807) is 18.2 Å². The zero-order valence-electron chi connectivity index (χ0n) is 10.3. The number of aromatic hydroxyl groups is 1. The van der Waals surface area contributed by atoms with Gasteiger partial charge in [0, 0.05) is 17.7 Å². The number of fused-ring (bicyclic) bond motifs is 1. The van der Waals surface area contributed by atoms with Crippen molar-refractivity contribution in [1.82, 2.24) is 10.2 Å². The summed E-state index contributed by atoms with van der Waals surface area (Å²) in [5.74, 6) is -0.363. The number of nitrogens with one attached hydrogen (secondary N) is 1. The summed E-state index contributed by atoms with van der Waals surface area (Å²) in [5, 5.41) is 12.5. The molecule has 2 aliphatic rings. The molecule has 6 heteroatoms. The van der Waals surface area contributed by atoms with Gasteiger partial charge in [0.15, 0.2) is 0 Å². The SMILES string of the molecule is O=C1NCCOCC1N1Cc2c(O)cccc2C1=O. The standard InChI is InChI=1S/C13H14N2O4/c16-11-3-1-2-8-9(11)6-15(13(8)18)10-7-19-5-4-14-12(10)17/h1-3,10,16H,4-7H2,(H,14,17). The van der Waals surface area contributed by atoms with Crippen LogP contribution in [0.3, 0.4) is 0 Å². The molecule has 1 unspecified atom stereocenters. The molecule has 2 heterocycles. The molecule has 1 fully saturated rings. The van der Waals surface area contributed by atoms with Crippen molar-refractivity contribution in [2.24, 2.45) is 0 Å². The van der Waals surface area contributed by atoms with Gasteiger partial charge in [0.25, 0.3) is 5.91 Å². The number of amides is 2. The number of nitrogens with zero attached hydrogens (tertiary/aromatic N) is 1. The first-order chi connectivity index (χ1) is 9.18. The van der Waals surface area contributed by atoms with Crippen LogP contribution in [-0.2, 0) is 16.1 Å². The lowest BCUT2D eigenvalue weighted by Gasteiger charge is -2.24. The maximum Gasteiger partial charge on any atom is 0.255 e. The quantitative estimate of drug-likeness (QED) is 0.738. The van der Waals surface area contributed by atoms with Gasteiger partial charge >= 0.3 is 0 Å². The maximum atomic E-state index is 12.3. The summed E-state index contributed by atoms with van der Waals surface area (Å²) in [5.41, 5.74) is 1.03. The van der Waals surface area contributed by atoms with Crippen LogP contribution in [0.2, 0.25) is 0 Å². The third kappa shape index (κ3) is 1.94. The molecule has 0 aromatic heterocycles. The van der Waals surface area contributed by atoms with E-state index in [-0.39, 0.29) is 30.7 Å². The largest absolute Gasteiger partial charge is 0.508 e. The van der Waals surface area contributed by atoms with Crippen molar-refractivity contribution in [3.05, 3.63) is 29.3 Å². The predicted molar refractivity (Wildman–Crippen MR) is 65.6 cm³/mol. The Kier molecular flexibility index (Phi) is 2.87. The summed E-state index contributed by atoms with van der Waals surface area (Å²) in [7, 11) is 0. The van der Waals surface area contributed by atoms with Crippen LogP contribution in [0, 0.1) is 0 Å². The van der Waals surface area contributed by atoms with Crippen molar-refractivity contribution in [3.63, 3.8) is 0 Å². The molecular weight excluding hydrogens is 248 g/mol. The highest BCUT2D eigenvalue weighted by atomic mass is 16.5. The molecule has 0 bridgehead atoms. The van der Waals surface area contributed by atoms with Crippen LogP contribution in [0.4, 0.5) is 0 Å². The number of benzene rings is 1. The molecule has 6 nitrogen and oxygen atoms in total. The van der Waals surface area contributed by atoms with Gasteiger partial charge in [-0.05, 0) is 12.1 Å². The summed E-state index contributed by atoms with van der Waals surface area (Å²) < 4.78 is 5.33.